The molecule has 0 N–H and O–H groups in total. The summed E-state index contributed by atoms with van der Waals surface area (Å²) in [6, 6.07) is 42.6. The van der Waals surface area contributed by atoms with Crippen molar-refractivity contribution in [3.05, 3.63) is 155 Å². The van der Waals surface area contributed by atoms with Crippen molar-refractivity contribution in [2.24, 2.45) is 0 Å². The summed E-state index contributed by atoms with van der Waals surface area (Å²) in [6.45, 7) is 4.39. The lowest BCUT2D eigenvalue weighted by Gasteiger charge is -2.15. The van der Waals surface area contributed by atoms with E-state index in [1.54, 1.807) is 0 Å². The Morgan fingerprint density at radius 1 is 0.543 bits per heavy atom. The summed E-state index contributed by atoms with van der Waals surface area (Å²) in [7, 11) is 0. The van der Waals surface area contributed by atoms with E-state index in [-0.39, 0.29) is 0 Å². The summed E-state index contributed by atoms with van der Waals surface area (Å²) >= 11 is 1.94. The molecule has 7 aromatic carbocycles. The lowest BCUT2D eigenvalue weighted by atomic mass is 9.88. The van der Waals surface area contributed by atoms with Gasteiger partial charge in [0.1, 0.15) is 0 Å². The van der Waals surface area contributed by atoms with E-state index in [1.807, 2.05) is 11.3 Å². The first kappa shape index (κ1) is 27.1. The summed E-state index contributed by atoms with van der Waals surface area (Å²) < 4.78 is 0. The van der Waals surface area contributed by atoms with Crippen LogP contribution in [0.2, 0.25) is 0 Å². The molecule has 0 bridgehead atoms. The Labute approximate surface area is 273 Å². The monoisotopic (exact) mass is 604 g/mol. The number of aryl methyl sites for hydroxylation is 1. The highest BCUT2D eigenvalue weighted by Crippen LogP contribution is 2.47. The van der Waals surface area contributed by atoms with E-state index in [1.165, 1.54) is 97.0 Å². The van der Waals surface area contributed by atoms with Crippen molar-refractivity contribution in [3.8, 4) is 10.4 Å². The molecular formula is C45H32S. The molecule has 0 spiro atoms. The molecule has 0 fully saturated rings. The highest BCUT2D eigenvalue weighted by atomic mass is 32.1. The Kier molecular flexibility index (Phi) is 6.30. The van der Waals surface area contributed by atoms with Gasteiger partial charge in [-0.2, -0.15) is 0 Å². The zero-order valence-corrected chi connectivity index (χ0v) is 26.8. The maximum absolute atomic E-state index is 2.48. The summed E-state index contributed by atoms with van der Waals surface area (Å²) in [6.07, 6.45) is 12.5. The fourth-order valence-corrected chi connectivity index (χ4v) is 8.99. The van der Waals surface area contributed by atoms with Crippen LogP contribution in [0.4, 0.5) is 0 Å². The minimum Gasteiger partial charge on any atom is -0.134 e. The SMILES string of the molecule is CC=Cc1c2c(c3ccccc3c1C)C=CCC(c1sc(-c3ccc4c5ccccc5c5ccccc5c4c3)c3ccccc13)=C2. The Morgan fingerprint density at radius 2 is 1.09 bits per heavy atom. The van der Waals surface area contributed by atoms with Crippen molar-refractivity contribution in [2.45, 2.75) is 20.3 Å². The van der Waals surface area contributed by atoms with Crippen LogP contribution in [0.1, 0.15) is 40.5 Å². The minimum absolute atomic E-state index is 0.898. The minimum atomic E-state index is 0.898. The van der Waals surface area contributed by atoms with Crippen molar-refractivity contribution in [1.82, 2.24) is 0 Å². The van der Waals surface area contributed by atoms with Gasteiger partial charge in [-0.25, -0.2) is 0 Å². The highest BCUT2D eigenvalue weighted by Gasteiger charge is 2.20. The van der Waals surface area contributed by atoms with Crippen LogP contribution < -0.4 is 0 Å². The van der Waals surface area contributed by atoms with Gasteiger partial charge in [-0.05, 0) is 109 Å². The summed E-state index contributed by atoms with van der Waals surface area (Å²) in [5.74, 6) is 0. The molecule has 46 heavy (non-hydrogen) atoms. The largest absolute Gasteiger partial charge is 0.134 e. The maximum Gasteiger partial charge on any atom is 0.0428 e. The van der Waals surface area contributed by atoms with Crippen LogP contribution in [0.15, 0.2) is 127 Å². The molecule has 1 aliphatic rings. The number of fused-ring (bicyclic) bond motifs is 10. The summed E-state index contributed by atoms with van der Waals surface area (Å²) in [5, 5.41) is 13.2. The second kappa shape index (κ2) is 10.7. The number of hydrogen-bond donors (Lipinski definition) is 0. The lowest BCUT2D eigenvalue weighted by Crippen LogP contribution is -1.94. The molecule has 0 aliphatic heterocycles. The average Bonchev–Trinajstić information content (AvgIpc) is 3.36. The fraction of sp³-hybridized carbons (Fsp3) is 0.0667. The molecule has 1 aromatic heterocycles. The Balaban J connectivity index is 1.29. The fourth-order valence-electron chi connectivity index (χ4n) is 7.69. The van der Waals surface area contributed by atoms with Gasteiger partial charge in [-0.1, -0.05) is 133 Å². The second-order valence-corrected chi connectivity index (χ2v) is 13.4. The molecule has 1 heteroatoms. The quantitative estimate of drug-likeness (QED) is 0.176. The van der Waals surface area contributed by atoms with Crippen molar-refractivity contribution in [2.75, 3.05) is 0 Å². The first-order valence-corrected chi connectivity index (χ1v) is 16.9. The molecule has 0 saturated carbocycles. The maximum atomic E-state index is 2.48. The normalized spacial score (nSPS) is 13.3. The van der Waals surface area contributed by atoms with Crippen LogP contribution >= 0.6 is 11.3 Å². The first-order chi connectivity index (χ1) is 22.7. The summed E-state index contributed by atoms with van der Waals surface area (Å²) in [4.78, 5) is 2.70. The van der Waals surface area contributed by atoms with Crippen molar-refractivity contribution < 1.29 is 0 Å². The van der Waals surface area contributed by atoms with Crippen LogP contribution in [0.3, 0.4) is 0 Å². The van der Waals surface area contributed by atoms with Gasteiger partial charge in [0.25, 0.3) is 0 Å². The molecule has 0 nitrogen and oxygen atoms in total. The molecule has 1 heterocycles. The Bertz CT molecular complexity index is 2590. The zero-order chi connectivity index (χ0) is 30.8. The van der Waals surface area contributed by atoms with Crippen LogP contribution in [-0.2, 0) is 0 Å². The smallest absolute Gasteiger partial charge is 0.0428 e. The Morgan fingerprint density at radius 3 is 1.74 bits per heavy atom. The molecule has 218 valence electrons. The van der Waals surface area contributed by atoms with Crippen LogP contribution in [-0.4, -0.2) is 0 Å². The first-order valence-electron chi connectivity index (χ1n) is 16.1. The standard InChI is InChI=1S/C45H32S/c1-3-13-31-28(2)32-15-4-5-16-33(32)38-23-12-14-29(26-42(31)38)44-40-21-10-11-22-41(40)45(46-44)30-24-25-39-36-19-7-6-17-34(36)35-18-8-9-20-37(35)43(39)27-30/h3-13,15-27H,14H2,1-2H3. The molecule has 0 radical (unpaired) electrons. The lowest BCUT2D eigenvalue weighted by molar-refractivity contribution is 1.46. The van der Waals surface area contributed by atoms with Gasteiger partial charge < -0.3 is 0 Å². The predicted octanol–water partition coefficient (Wildman–Crippen LogP) is 13.5. The van der Waals surface area contributed by atoms with E-state index in [2.05, 4.69) is 159 Å². The van der Waals surface area contributed by atoms with Gasteiger partial charge in [-0.15, -0.1) is 11.3 Å². The van der Waals surface area contributed by atoms with E-state index < -0.39 is 0 Å². The van der Waals surface area contributed by atoms with E-state index in [0.29, 0.717) is 0 Å². The van der Waals surface area contributed by atoms with Gasteiger partial charge in [0, 0.05) is 20.5 Å². The van der Waals surface area contributed by atoms with Gasteiger partial charge in [-0.3, -0.25) is 0 Å². The number of rotatable bonds is 3. The van der Waals surface area contributed by atoms with Gasteiger partial charge >= 0.3 is 0 Å². The highest BCUT2D eigenvalue weighted by molar-refractivity contribution is 7.18. The molecule has 0 atom stereocenters. The molecule has 8 aromatic rings. The van der Waals surface area contributed by atoms with E-state index in [0.717, 1.165) is 6.42 Å². The van der Waals surface area contributed by atoms with Gasteiger partial charge in [0.2, 0.25) is 0 Å². The van der Waals surface area contributed by atoms with Gasteiger partial charge in [0.05, 0.1) is 0 Å². The molecule has 0 saturated heterocycles. The Hall–Kier alpha value is -5.24. The molecular weight excluding hydrogens is 573 g/mol. The number of allylic oxidation sites excluding steroid dienone is 3. The third kappa shape index (κ3) is 4.05. The zero-order valence-electron chi connectivity index (χ0n) is 26.0. The van der Waals surface area contributed by atoms with Crippen LogP contribution in [0.25, 0.3) is 88.1 Å². The third-order valence-electron chi connectivity index (χ3n) is 9.80. The molecule has 1 aliphatic carbocycles. The van der Waals surface area contributed by atoms with Crippen molar-refractivity contribution >= 4 is 89.0 Å². The molecule has 9 rings (SSSR count). The van der Waals surface area contributed by atoms with Gasteiger partial charge in [0.15, 0.2) is 0 Å². The number of thiophene rings is 1. The van der Waals surface area contributed by atoms with E-state index in [9.17, 15) is 0 Å². The van der Waals surface area contributed by atoms with E-state index >= 15 is 0 Å². The third-order valence-corrected chi connectivity index (χ3v) is 11.1. The average molecular weight is 605 g/mol. The van der Waals surface area contributed by atoms with Crippen LogP contribution in [0, 0.1) is 6.92 Å². The van der Waals surface area contributed by atoms with Crippen molar-refractivity contribution in [1.29, 1.82) is 0 Å². The summed E-state index contributed by atoms with van der Waals surface area (Å²) in [5.41, 5.74) is 7.95. The van der Waals surface area contributed by atoms with E-state index in [4.69, 9.17) is 0 Å². The number of hydrogen-bond acceptors (Lipinski definition) is 1. The molecule has 0 amide bonds. The van der Waals surface area contributed by atoms with Crippen LogP contribution in [0.5, 0.6) is 0 Å². The molecule has 0 unspecified atom stereocenters. The van der Waals surface area contributed by atoms with Crippen molar-refractivity contribution in [3.63, 3.8) is 0 Å². The second-order valence-electron chi connectivity index (χ2n) is 12.3. The predicted molar refractivity (Wildman–Crippen MR) is 205 cm³/mol. The topological polar surface area (TPSA) is 0 Å². The number of benzene rings is 7.